The zero-order valence-electron chi connectivity index (χ0n) is 15.8. The number of rotatable bonds is 7. The molecule has 8 nitrogen and oxygen atoms in total. The van der Waals surface area contributed by atoms with Crippen molar-refractivity contribution in [2.24, 2.45) is 0 Å². The summed E-state index contributed by atoms with van der Waals surface area (Å²) in [5.74, 6) is 0.213. The Morgan fingerprint density at radius 2 is 1.86 bits per heavy atom. The van der Waals surface area contributed by atoms with Crippen LogP contribution in [0.25, 0.3) is 11.4 Å². The molecular formula is C19H19ClN4O4S. The van der Waals surface area contributed by atoms with E-state index in [-0.39, 0.29) is 24.1 Å². The molecule has 0 radical (unpaired) electrons. The van der Waals surface area contributed by atoms with Gasteiger partial charge in [-0.15, -0.1) is 0 Å². The summed E-state index contributed by atoms with van der Waals surface area (Å²) < 4.78 is 30.2. The molecule has 0 aliphatic rings. The molecule has 1 heterocycles. The predicted molar refractivity (Wildman–Crippen MR) is 110 cm³/mol. The van der Waals surface area contributed by atoms with Crippen molar-refractivity contribution in [3.63, 3.8) is 0 Å². The van der Waals surface area contributed by atoms with Crippen LogP contribution in [-0.4, -0.2) is 37.3 Å². The standard InChI is InChI=1S/C19H19ClN4O4S/c1-3-29(26,27)24(2)14-10-8-13(9-11-14)19(25)21-12-17-22-18(23-28-17)15-6-4-5-7-16(15)20/h4-11H,3,12H2,1-2H3,(H,21,25). The third-order valence-electron chi connectivity index (χ3n) is 4.26. The van der Waals surface area contributed by atoms with Gasteiger partial charge in [-0.05, 0) is 43.3 Å². The number of nitrogens with one attached hydrogen (secondary N) is 1. The van der Waals surface area contributed by atoms with Crippen LogP contribution >= 0.6 is 11.6 Å². The molecule has 0 saturated carbocycles. The van der Waals surface area contributed by atoms with Gasteiger partial charge in [0.05, 0.1) is 23.0 Å². The van der Waals surface area contributed by atoms with E-state index in [1.54, 1.807) is 49.4 Å². The molecule has 2 aromatic carbocycles. The van der Waals surface area contributed by atoms with Crippen molar-refractivity contribution in [1.82, 2.24) is 15.5 Å². The quantitative estimate of drug-likeness (QED) is 0.612. The number of hydrogen-bond acceptors (Lipinski definition) is 6. The molecule has 0 aliphatic carbocycles. The Labute approximate surface area is 173 Å². The Kier molecular flexibility index (Phi) is 6.19. The summed E-state index contributed by atoms with van der Waals surface area (Å²) in [6, 6.07) is 13.4. The minimum absolute atomic E-state index is 0.00784. The summed E-state index contributed by atoms with van der Waals surface area (Å²) in [5, 5.41) is 7.06. The summed E-state index contributed by atoms with van der Waals surface area (Å²) in [5.41, 5.74) is 1.49. The minimum Gasteiger partial charge on any atom is -0.343 e. The smallest absolute Gasteiger partial charge is 0.251 e. The van der Waals surface area contributed by atoms with Crippen molar-refractivity contribution in [2.75, 3.05) is 17.1 Å². The van der Waals surface area contributed by atoms with Gasteiger partial charge in [-0.2, -0.15) is 4.98 Å². The van der Waals surface area contributed by atoms with Gasteiger partial charge < -0.3 is 9.84 Å². The molecule has 0 bridgehead atoms. The van der Waals surface area contributed by atoms with E-state index in [1.165, 1.54) is 11.4 Å². The fourth-order valence-corrected chi connectivity index (χ4v) is 3.56. The molecule has 1 N–H and O–H groups in total. The maximum atomic E-state index is 12.3. The second-order valence-electron chi connectivity index (χ2n) is 6.09. The normalized spacial score (nSPS) is 11.3. The molecule has 0 aliphatic heterocycles. The predicted octanol–water partition coefficient (Wildman–Crippen LogP) is 3.11. The van der Waals surface area contributed by atoms with Gasteiger partial charge in [0.2, 0.25) is 21.7 Å². The van der Waals surface area contributed by atoms with Crippen LogP contribution in [0.15, 0.2) is 53.1 Å². The van der Waals surface area contributed by atoms with E-state index >= 15 is 0 Å². The fraction of sp³-hybridized carbons (Fsp3) is 0.211. The topological polar surface area (TPSA) is 105 Å². The van der Waals surface area contributed by atoms with Crippen molar-refractivity contribution in [3.05, 3.63) is 65.0 Å². The number of benzene rings is 2. The third kappa shape index (κ3) is 4.75. The summed E-state index contributed by atoms with van der Waals surface area (Å²) in [7, 11) is -1.89. The first-order chi connectivity index (χ1) is 13.8. The number of halogens is 1. The van der Waals surface area contributed by atoms with Gasteiger partial charge in [0.15, 0.2) is 0 Å². The molecule has 0 spiro atoms. The van der Waals surface area contributed by atoms with Crippen LogP contribution in [0.2, 0.25) is 5.02 Å². The first-order valence-electron chi connectivity index (χ1n) is 8.74. The highest BCUT2D eigenvalue weighted by molar-refractivity contribution is 7.92. The van der Waals surface area contributed by atoms with Gasteiger partial charge in [-0.1, -0.05) is 28.9 Å². The summed E-state index contributed by atoms with van der Waals surface area (Å²) in [4.78, 5) is 16.6. The van der Waals surface area contributed by atoms with Gasteiger partial charge in [-0.25, -0.2) is 8.42 Å². The maximum absolute atomic E-state index is 12.3. The van der Waals surface area contributed by atoms with Crippen LogP contribution in [0, 0.1) is 0 Å². The second kappa shape index (κ2) is 8.62. The first-order valence-corrected chi connectivity index (χ1v) is 10.7. The molecule has 0 atom stereocenters. The maximum Gasteiger partial charge on any atom is 0.251 e. The lowest BCUT2D eigenvalue weighted by atomic mass is 10.2. The van der Waals surface area contributed by atoms with Gasteiger partial charge >= 0.3 is 0 Å². The molecule has 152 valence electrons. The van der Waals surface area contributed by atoms with E-state index in [0.717, 1.165) is 0 Å². The van der Waals surface area contributed by atoms with Crippen LogP contribution in [0.4, 0.5) is 5.69 Å². The number of anilines is 1. The highest BCUT2D eigenvalue weighted by Crippen LogP contribution is 2.24. The average Bonchev–Trinajstić information content (AvgIpc) is 3.20. The number of amides is 1. The van der Waals surface area contributed by atoms with E-state index in [4.69, 9.17) is 16.1 Å². The van der Waals surface area contributed by atoms with Crippen LogP contribution in [0.3, 0.4) is 0 Å². The van der Waals surface area contributed by atoms with Gasteiger partial charge in [0.1, 0.15) is 0 Å². The molecular weight excluding hydrogens is 416 g/mol. The van der Waals surface area contributed by atoms with Crippen LogP contribution in [0.5, 0.6) is 0 Å². The summed E-state index contributed by atoms with van der Waals surface area (Å²) >= 11 is 6.12. The zero-order valence-corrected chi connectivity index (χ0v) is 17.4. The van der Waals surface area contributed by atoms with Gasteiger partial charge in [0, 0.05) is 18.2 Å². The Bertz CT molecular complexity index is 1110. The molecule has 0 saturated heterocycles. The highest BCUT2D eigenvalue weighted by Gasteiger charge is 2.17. The molecule has 0 unspecified atom stereocenters. The molecule has 3 rings (SSSR count). The van der Waals surface area contributed by atoms with Crippen molar-refractivity contribution < 1.29 is 17.7 Å². The number of hydrogen-bond donors (Lipinski definition) is 1. The fourth-order valence-electron chi connectivity index (χ4n) is 2.51. The largest absolute Gasteiger partial charge is 0.343 e. The monoisotopic (exact) mass is 434 g/mol. The second-order valence-corrected chi connectivity index (χ2v) is 8.79. The van der Waals surface area contributed by atoms with Crippen molar-refractivity contribution >= 4 is 33.2 Å². The molecule has 1 amide bonds. The number of carbonyl (C=O) groups excluding carboxylic acids is 1. The number of nitrogens with zero attached hydrogens (tertiary/aromatic N) is 3. The lowest BCUT2D eigenvalue weighted by Gasteiger charge is -2.18. The van der Waals surface area contributed by atoms with E-state index < -0.39 is 10.0 Å². The first kappa shape index (κ1) is 20.8. The van der Waals surface area contributed by atoms with Crippen LogP contribution in [-0.2, 0) is 16.6 Å². The van der Waals surface area contributed by atoms with Crippen LogP contribution in [0.1, 0.15) is 23.2 Å². The zero-order chi connectivity index (χ0) is 21.0. The number of aromatic nitrogens is 2. The van der Waals surface area contributed by atoms with E-state index in [9.17, 15) is 13.2 Å². The molecule has 29 heavy (non-hydrogen) atoms. The van der Waals surface area contributed by atoms with E-state index in [0.29, 0.717) is 27.7 Å². The Morgan fingerprint density at radius 3 is 2.52 bits per heavy atom. The highest BCUT2D eigenvalue weighted by atomic mass is 35.5. The Balaban J connectivity index is 1.64. The number of carbonyl (C=O) groups is 1. The van der Waals surface area contributed by atoms with Gasteiger partial charge in [0.25, 0.3) is 5.91 Å². The molecule has 0 fully saturated rings. The average molecular weight is 435 g/mol. The van der Waals surface area contributed by atoms with E-state index in [1.807, 2.05) is 6.07 Å². The van der Waals surface area contributed by atoms with Crippen molar-refractivity contribution in [1.29, 1.82) is 0 Å². The lowest BCUT2D eigenvalue weighted by Crippen LogP contribution is -2.28. The minimum atomic E-state index is -3.36. The van der Waals surface area contributed by atoms with Crippen molar-refractivity contribution in [2.45, 2.75) is 13.5 Å². The lowest BCUT2D eigenvalue weighted by molar-refractivity contribution is 0.0946. The van der Waals surface area contributed by atoms with Crippen molar-refractivity contribution in [3.8, 4) is 11.4 Å². The Morgan fingerprint density at radius 1 is 1.17 bits per heavy atom. The number of sulfonamides is 1. The van der Waals surface area contributed by atoms with Gasteiger partial charge in [-0.3, -0.25) is 9.10 Å². The SMILES string of the molecule is CCS(=O)(=O)N(C)c1ccc(C(=O)NCc2nc(-c3ccccc3Cl)no2)cc1. The summed E-state index contributed by atoms with van der Waals surface area (Å²) in [6.07, 6.45) is 0. The van der Waals surface area contributed by atoms with E-state index in [2.05, 4.69) is 15.5 Å². The molecule has 10 heteroatoms. The van der Waals surface area contributed by atoms with Crippen LogP contribution < -0.4 is 9.62 Å². The third-order valence-corrected chi connectivity index (χ3v) is 6.36. The molecule has 3 aromatic rings. The summed E-state index contributed by atoms with van der Waals surface area (Å²) in [6.45, 7) is 1.62. The Hall–Kier alpha value is -2.91. The molecule has 1 aromatic heterocycles.